The molecule has 0 saturated heterocycles. The first-order valence-corrected chi connectivity index (χ1v) is 21.9. The van der Waals surface area contributed by atoms with Crippen LogP contribution in [0.5, 0.6) is 0 Å². The van der Waals surface area contributed by atoms with E-state index in [1.165, 1.54) is 22.3 Å². The Kier molecular flexibility index (Phi) is 10.4. The van der Waals surface area contributed by atoms with Gasteiger partial charge in [-0.25, -0.2) is 0 Å². The minimum atomic E-state index is -0.444. The summed E-state index contributed by atoms with van der Waals surface area (Å²) in [4.78, 5) is 0. The van der Waals surface area contributed by atoms with Crippen molar-refractivity contribution in [3.63, 3.8) is 0 Å². The van der Waals surface area contributed by atoms with Crippen LogP contribution in [0.15, 0.2) is 109 Å². The molecule has 0 aromatic heterocycles. The van der Waals surface area contributed by atoms with Gasteiger partial charge in [0.2, 0.25) is 0 Å². The summed E-state index contributed by atoms with van der Waals surface area (Å²) in [5.74, 6) is 0. The van der Waals surface area contributed by atoms with Crippen molar-refractivity contribution in [1.82, 2.24) is 0 Å². The van der Waals surface area contributed by atoms with Gasteiger partial charge in [0.1, 0.15) is 0 Å². The quantitative estimate of drug-likeness (QED) is 0.208. The van der Waals surface area contributed by atoms with Gasteiger partial charge < -0.3 is 0 Å². The van der Waals surface area contributed by atoms with Gasteiger partial charge in [-0.05, 0) is 0 Å². The number of rotatable bonds is 8. The molecule has 38 heavy (non-hydrogen) atoms. The van der Waals surface area contributed by atoms with Crippen LogP contribution < -0.4 is 28.9 Å². The molecule has 190 valence electrons. The zero-order valence-corrected chi connectivity index (χ0v) is 31.3. The Balaban J connectivity index is 1.59. The molecule has 0 heterocycles. The Morgan fingerprint density at radius 1 is 0.289 bits per heavy atom. The molecule has 0 aliphatic rings. The monoisotopic (exact) mass is 958 g/mol. The van der Waals surface area contributed by atoms with E-state index in [4.69, 9.17) is 0 Å². The van der Waals surface area contributed by atoms with E-state index < -0.39 is 83.7 Å². The molecule has 0 nitrogen and oxygen atoms in total. The second kappa shape index (κ2) is 13.7. The van der Waals surface area contributed by atoms with Gasteiger partial charge in [0.15, 0.2) is 0 Å². The van der Waals surface area contributed by atoms with E-state index in [2.05, 4.69) is 137 Å². The van der Waals surface area contributed by atoms with Crippen LogP contribution in [0, 0.1) is 27.7 Å². The summed E-state index contributed by atoms with van der Waals surface area (Å²) in [7, 11) is 0. The molecule has 5 aromatic carbocycles. The van der Waals surface area contributed by atoms with E-state index in [0.717, 1.165) is 0 Å². The average Bonchev–Trinajstić information content (AvgIpc) is 2.91. The molecule has 5 rings (SSSR count). The number of hydrogen-bond donors (Lipinski definition) is 0. The van der Waals surface area contributed by atoms with E-state index >= 15 is 0 Å². The number of hydrogen-bond acceptors (Lipinski definition) is 0. The molecule has 0 bridgehead atoms. The third kappa shape index (κ3) is 8.15. The average molecular weight is 949 g/mol. The van der Waals surface area contributed by atoms with E-state index in [1.54, 1.807) is 28.9 Å². The van der Waals surface area contributed by atoms with Crippen LogP contribution in [0.25, 0.3) is 0 Å². The van der Waals surface area contributed by atoms with Gasteiger partial charge in [0.05, 0.1) is 0 Å². The summed E-state index contributed by atoms with van der Waals surface area (Å²) in [5, 5.41) is 0. The fourth-order valence-corrected chi connectivity index (χ4v) is 18.3. The topological polar surface area (TPSA) is 0 Å². The van der Waals surface area contributed by atoms with Crippen LogP contribution in [0.2, 0.25) is 0 Å². The molecule has 0 N–H and O–H groups in total. The van der Waals surface area contributed by atoms with Gasteiger partial charge in [-0.2, -0.15) is 0 Å². The van der Waals surface area contributed by atoms with Gasteiger partial charge in [0.25, 0.3) is 0 Å². The van der Waals surface area contributed by atoms with Gasteiger partial charge in [-0.1, -0.05) is 0 Å². The fourth-order valence-electron chi connectivity index (χ4n) is 3.77. The summed E-state index contributed by atoms with van der Waals surface area (Å²) in [6.07, 6.45) is 0. The number of aryl methyl sites for hydroxylation is 4. The standard InChI is InChI=1S/C34H30Te4/c1-23-5-13-27(14-6-23)35-31-21-33(37-29-17-9-25(3)10-18-29)34(38-30-19-11-26(4)12-20-30)22-32(31)36-28-15-7-24(2)8-16-28/h5-22H,1-4H3. The Morgan fingerprint density at radius 2 is 0.474 bits per heavy atom. The van der Waals surface area contributed by atoms with Crippen LogP contribution in [0.3, 0.4) is 0 Å². The van der Waals surface area contributed by atoms with Crippen LogP contribution in [0.4, 0.5) is 0 Å². The zero-order chi connectivity index (χ0) is 26.5. The molecule has 0 aliphatic heterocycles. The van der Waals surface area contributed by atoms with Gasteiger partial charge in [-0.15, -0.1) is 0 Å². The summed E-state index contributed by atoms with van der Waals surface area (Å²) < 4.78 is 12.9. The summed E-state index contributed by atoms with van der Waals surface area (Å²) >= 11 is -1.78. The maximum atomic E-state index is 2.69. The fraction of sp³-hybridized carbons (Fsp3) is 0.118. The second-order valence-corrected chi connectivity index (χ2v) is 22.1. The third-order valence-electron chi connectivity index (χ3n) is 6.01. The predicted octanol–water partition coefficient (Wildman–Crippen LogP) is 1.54. The minimum absolute atomic E-state index is 0.444. The van der Waals surface area contributed by atoms with E-state index in [0.29, 0.717) is 0 Å². The van der Waals surface area contributed by atoms with Crippen molar-refractivity contribution in [3.05, 3.63) is 131 Å². The summed E-state index contributed by atoms with van der Waals surface area (Å²) in [5.41, 5.74) is 5.39. The predicted molar refractivity (Wildman–Crippen MR) is 171 cm³/mol. The third-order valence-corrected chi connectivity index (χ3v) is 20.7. The Hall–Kier alpha value is -0.742. The van der Waals surface area contributed by atoms with E-state index in [9.17, 15) is 0 Å². The molecule has 0 atom stereocenters. The van der Waals surface area contributed by atoms with Crippen LogP contribution in [-0.4, -0.2) is 83.7 Å². The number of benzene rings is 5. The molecule has 4 heteroatoms. The Bertz CT molecular complexity index is 1270. The van der Waals surface area contributed by atoms with Crippen molar-refractivity contribution in [1.29, 1.82) is 0 Å². The normalized spacial score (nSPS) is 11.1. The van der Waals surface area contributed by atoms with Crippen molar-refractivity contribution >= 4 is 113 Å². The van der Waals surface area contributed by atoms with Crippen molar-refractivity contribution in [2.45, 2.75) is 27.7 Å². The first-order valence-electron chi connectivity index (χ1n) is 12.6. The van der Waals surface area contributed by atoms with Gasteiger partial charge in [0, 0.05) is 0 Å². The molecule has 0 radical (unpaired) electrons. The van der Waals surface area contributed by atoms with Crippen molar-refractivity contribution < 1.29 is 0 Å². The first-order chi connectivity index (χ1) is 18.4. The van der Waals surface area contributed by atoms with Crippen molar-refractivity contribution in [3.8, 4) is 0 Å². The van der Waals surface area contributed by atoms with Gasteiger partial charge in [-0.3, -0.25) is 0 Å². The Morgan fingerprint density at radius 3 is 0.658 bits per heavy atom. The molecule has 0 spiro atoms. The molecular weight excluding hydrogens is 919 g/mol. The van der Waals surface area contributed by atoms with Crippen molar-refractivity contribution in [2.24, 2.45) is 0 Å². The van der Waals surface area contributed by atoms with Gasteiger partial charge >= 0.3 is 272 Å². The SMILES string of the molecule is Cc1ccc([Te]c2cc([Te]c3ccc(C)cc3)c([Te]c3ccc(C)cc3)cc2[Te]c2ccc(C)cc2)cc1. The zero-order valence-electron chi connectivity index (χ0n) is 22.0. The summed E-state index contributed by atoms with van der Waals surface area (Å²) in [6, 6.07) is 42.7. The van der Waals surface area contributed by atoms with E-state index in [-0.39, 0.29) is 0 Å². The summed E-state index contributed by atoms with van der Waals surface area (Å²) in [6.45, 7) is 8.76. The molecule has 0 aliphatic carbocycles. The molecule has 0 saturated carbocycles. The molecule has 0 fully saturated rings. The maximum absolute atomic E-state index is 2.69. The van der Waals surface area contributed by atoms with Crippen LogP contribution >= 0.6 is 0 Å². The van der Waals surface area contributed by atoms with E-state index in [1.807, 2.05) is 0 Å². The molecule has 5 aromatic rings. The molecule has 0 unspecified atom stereocenters. The van der Waals surface area contributed by atoms with Crippen molar-refractivity contribution in [2.75, 3.05) is 0 Å². The Labute approximate surface area is 268 Å². The molecular formula is C34H30Te4. The van der Waals surface area contributed by atoms with Crippen LogP contribution in [-0.2, 0) is 0 Å². The first kappa shape index (κ1) is 28.8. The second-order valence-electron chi connectivity index (χ2n) is 9.41. The molecule has 0 amide bonds. The van der Waals surface area contributed by atoms with Crippen LogP contribution in [0.1, 0.15) is 22.3 Å².